The van der Waals surface area contributed by atoms with E-state index in [1.54, 1.807) is 18.2 Å². The lowest BCUT2D eigenvalue weighted by molar-refractivity contribution is 0.0698. The van der Waals surface area contributed by atoms with Gasteiger partial charge in [0.1, 0.15) is 0 Å². The highest BCUT2D eigenvalue weighted by molar-refractivity contribution is 5.94. The van der Waals surface area contributed by atoms with Crippen molar-refractivity contribution in [2.24, 2.45) is 5.92 Å². The molecule has 2 rings (SSSR count). The molecule has 0 heterocycles. The Morgan fingerprint density at radius 1 is 1.28 bits per heavy atom. The van der Waals surface area contributed by atoms with Crippen molar-refractivity contribution < 1.29 is 15.0 Å². The van der Waals surface area contributed by atoms with Gasteiger partial charge in [0.05, 0.1) is 5.56 Å². The number of carbonyl (C=O) groups is 1. The number of anilines is 1. The van der Waals surface area contributed by atoms with E-state index in [2.05, 4.69) is 5.32 Å². The first-order valence-corrected chi connectivity index (χ1v) is 6.42. The first kappa shape index (κ1) is 12.9. The molecule has 0 bridgehead atoms. The van der Waals surface area contributed by atoms with Crippen LogP contribution < -0.4 is 5.32 Å². The minimum absolute atomic E-state index is 0.160. The zero-order valence-electron chi connectivity index (χ0n) is 10.3. The molecule has 1 fully saturated rings. The molecule has 0 amide bonds. The largest absolute Gasteiger partial charge is 0.478 e. The number of benzene rings is 1. The Labute approximate surface area is 107 Å². The molecule has 1 aromatic carbocycles. The van der Waals surface area contributed by atoms with Crippen LogP contribution >= 0.6 is 0 Å². The SMILES string of the molecule is O=C(O)c1ccccc1NC1CCCCC1CO. The number of aliphatic hydroxyl groups is 1. The Balaban J connectivity index is 2.15. The lowest BCUT2D eigenvalue weighted by Gasteiger charge is -2.32. The van der Waals surface area contributed by atoms with E-state index in [4.69, 9.17) is 5.11 Å². The predicted octanol–water partition coefficient (Wildman–Crippen LogP) is 2.35. The van der Waals surface area contributed by atoms with Gasteiger partial charge in [0.2, 0.25) is 0 Å². The Hall–Kier alpha value is -1.55. The zero-order valence-corrected chi connectivity index (χ0v) is 10.3. The summed E-state index contributed by atoms with van der Waals surface area (Å²) in [5.74, 6) is -0.699. The Morgan fingerprint density at radius 2 is 2.00 bits per heavy atom. The smallest absolute Gasteiger partial charge is 0.337 e. The second kappa shape index (κ2) is 5.87. The van der Waals surface area contributed by atoms with Gasteiger partial charge in [-0.1, -0.05) is 25.0 Å². The lowest BCUT2D eigenvalue weighted by Crippen LogP contribution is -2.34. The van der Waals surface area contributed by atoms with Crippen LogP contribution in [0.3, 0.4) is 0 Å². The van der Waals surface area contributed by atoms with Crippen LogP contribution in [-0.4, -0.2) is 28.8 Å². The van der Waals surface area contributed by atoms with Gasteiger partial charge in [0.15, 0.2) is 0 Å². The molecule has 2 atom stereocenters. The maximum atomic E-state index is 11.1. The average Bonchev–Trinajstić information content (AvgIpc) is 2.40. The molecule has 1 aromatic rings. The van der Waals surface area contributed by atoms with Crippen LogP contribution in [0, 0.1) is 5.92 Å². The summed E-state index contributed by atoms with van der Waals surface area (Å²) in [5.41, 5.74) is 0.940. The molecule has 0 spiro atoms. The Kier molecular flexibility index (Phi) is 4.20. The summed E-state index contributed by atoms with van der Waals surface area (Å²) in [5, 5.41) is 21.8. The van der Waals surface area contributed by atoms with Gasteiger partial charge >= 0.3 is 5.97 Å². The Bertz CT molecular complexity index is 419. The third-order valence-corrected chi connectivity index (χ3v) is 3.64. The third kappa shape index (κ3) is 2.82. The lowest BCUT2D eigenvalue weighted by atomic mass is 9.85. The molecule has 2 unspecified atom stereocenters. The summed E-state index contributed by atoms with van der Waals surface area (Å²) in [6, 6.07) is 7.10. The van der Waals surface area contributed by atoms with Gasteiger partial charge < -0.3 is 15.5 Å². The number of aromatic carboxylic acids is 1. The van der Waals surface area contributed by atoms with Crippen molar-refractivity contribution in [3.05, 3.63) is 29.8 Å². The number of carboxylic acid groups (broad SMARTS) is 1. The van der Waals surface area contributed by atoms with E-state index in [1.807, 2.05) is 6.07 Å². The van der Waals surface area contributed by atoms with Crippen LogP contribution in [0.15, 0.2) is 24.3 Å². The number of rotatable bonds is 4. The van der Waals surface area contributed by atoms with E-state index in [1.165, 1.54) is 0 Å². The highest BCUT2D eigenvalue weighted by Gasteiger charge is 2.25. The van der Waals surface area contributed by atoms with Crippen LogP contribution in [-0.2, 0) is 0 Å². The van der Waals surface area contributed by atoms with Crippen molar-refractivity contribution in [1.82, 2.24) is 0 Å². The van der Waals surface area contributed by atoms with Crippen LogP contribution in [0.2, 0.25) is 0 Å². The number of nitrogens with one attached hydrogen (secondary N) is 1. The van der Waals surface area contributed by atoms with E-state index in [-0.39, 0.29) is 18.6 Å². The first-order chi connectivity index (χ1) is 8.72. The molecule has 4 nitrogen and oxygen atoms in total. The standard InChI is InChI=1S/C14H19NO3/c16-9-10-5-1-3-7-12(10)15-13-8-4-2-6-11(13)14(17)18/h2,4,6,8,10,12,15-16H,1,3,5,7,9H2,(H,17,18). The van der Waals surface area contributed by atoms with Crippen LogP contribution in [0.5, 0.6) is 0 Å². The number of hydrogen-bond acceptors (Lipinski definition) is 3. The van der Waals surface area contributed by atoms with E-state index < -0.39 is 5.97 Å². The molecule has 18 heavy (non-hydrogen) atoms. The summed E-state index contributed by atoms with van der Waals surface area (Å²) in [4.78, 5) is 11.1. The summed E-state index contributed by atoms with van der Waals surface area (Å²) < 4.78 is 0. The summed E-state index contributed by atoms with van der Waals surface area (Å²) >= 11 is 0. The van der Waals surface area contributed by atoms with Gasteiger partial charge in [0.25, 0.3) is 0 Å². The fourth-order valence-electron chi connectivity index (χ4n) is 2.61. The fourth-order valence-corrected chi connectivity index (χ4v) is 2.61. The highest BCUT2D eigenvalue weighted by atomic mass is 16.4. The van der Waals surface area contributed by atoms with Crippen molar-refractivity contribution in [3.63, 3.8) is 0 Å². The molecular formula is C14H19NO3. The highest BCUT2D eigenvalue weighted by Crippen LogP contribution is 2.28. The van der Waals surface area contributed by atoms with Gasteiger partial charge in [-0.2, -0.15) is 0 Å². The maximum absolute atomic E-state index is 11.1. The molecule has 1 saturated carbocycles. The van der Waals surface area contributed by atoms with E-state index in [0.717, 1.165) is 25.7 Å². The van der Waals surface area contributed by atoms with Crippen molar-refractivity contribution in [1.29, 1.82) is 0 Å². The van der Waals surface area contributed by atoms with Crippen molar-refractivity contribution in [3.8, 4) is 0 Å². The quantitative estimate of drug-likeness (QED) is 0.766. The summed E-state index contributed by atoms with van der Waals surface area (Å²) in [6.45, 7) is 0.160. The van der Waals surface area contributed by atoms with Crippen molar-refractivity contribution >= 4 is 11.7 Å². The molecule has 3 N–H and O–H groups in total. The molecule has 0 aliphatic heterocycles. The molecule has 1 aliphatic rings. The van der Waals surface area contributed by atoms with Gasteiger partial charge in [-0.05, 0) is 25.0 Å². The Morgan fingerprint density at radius 3 is 2.72 bits per heavy atom. The average molecular weight is 249 g/mol. The van der Waals surface area contributed by atoms with Gasteiger partial charge in [-0.3, -0.25) is 0 Å². The molecule has 0 radical (unpaired) electrons. The van der Waals surface area contributed by atoms with Crippen LogP contribution in [0.1, 0.15) is 36.0 Å². The van der Waals surface area contributed by atoms with Gasteiger partial charge in [-0.15, -0.1) is 0 Å². The van der Waals surface area contributed by atoms with Crippen molar-refractivity contribution in [2.75, 3.05) is 11.9 Å². The molecule has 4 heteroatoms. The molecule has 0 aromatic heterocycles. The fraction of sp³-hybridized carbons (Fsp3) is 0.500. The second-order valence-corrected chi connectivity index (χ2v) is 4.83. The van der Waals surface area contributed by atoms with E-state index >= 15 is 0 Å². The minimum atomic E-state index is -0.922. The maximum Gasteiger partial charge on any atom is 0.337 e. The van der Waals surface area contributed by atoms with Crippen molar-refractivity contribution in [2.45, 2.75) is 31.7 Å². The topological polar surface area (TPSA) is 69.6 Å². The van der Waals surface area contributed by atoms with E-state index in [9.17, 15) is 9.90 Å². The number of hydrogen-bond donors (Lipinski definition) is 3. The monoisotopic (exact) mass is 249 g/mol. The summed E-state index contributed by atoms with van der Waals surface area (Å²) in [6.07, 6.45) is 4.26. The number of para-hydroxylation sites is 1. The number of aliphatic hydroxyl groups excluding tert-OH is 1. The molecule has 98 valence electrons. The van der Waals surface area contributed by atoms with Gasteiger partial charge in [0, 0.05) is 24.3 Å². The molecular weight excluding hydrogens is 230 g/mol. The molecule has 0 saturated heterocycles. The predicted molar refractivity (Wildman–Crippen MR) is 69.9 cm³/mol. The normalized spacial score (nSPS) is 23.6. The van der Waals surface area contributed by atoms with Crippen LogP contribution in [0.25, 0.3) is 0 Å². The van der Waals surface area contributed by atoms with E-state index in [0.29, 0.717) is 11.3 Å². The second-order valence-electron chi connectivity index (χ2n) is 4.83. The van der Waals surface area contributed by atoms with Crippen LogP contribution in [0.4, 0.5) is 5.69 Å². The third-order valence-electron chi connectivity index (χ3n) is 3.64. The minimum Gasteiger partial charge on any atom is -0.478 e. The van der Waals surface area contributed by atoms with Gasteiger partial charge in [-0.25, -0.2) is 4.79 Å². The number of carboxylic acids is 1. The molecule has 1 aliphatic carbocycles. The first-order valence-electron chi connectivity index (χ1n) is 6.42. The zero-order chi connectivity index (χ0) is 13.0. The summed E-state index contributed by atoms with van der Waals surface area (Å²) in [7, 11) is 0.